The fourth-order valence-electron chi connectivity index (χ4n) is 3.47. The molecule has 0 radical (unpaired) electrons. The Kier molecular flexibility index (Phi) is 8.86. The second-order valence-corrected chi connectivity index (χ2v) is 6.86. The number of amides is 1. The van der Waals surface area contributed by atoms with Crippen molar-refractivity contribution in [3.8, 4) is 0 Å². The number of piperidine rings is 1. The van der Waals surface area contributed by atoms with Crippen LogP contribution in [0.15, 0.2) is 4.99 Å². The third kappa shape index (κ3) is 7.50. The van der Waals surface area contributed by atoms with E-state index < -0.39 is 0 Å². The molecular formula is C18H34N4O3. The second-order valence-electron chi connectivity index (χ2n) is 6.86. The van der Waals surface area contributed by atoms with E-state index in [-0.39, 0.29) is 12.1 Å². The van der Waals surface area contributed by atoms with Crippen molar-refractivity contribution in [3.63, 3.8) is 0 Å². The number of rotatable bonds is 6. The maximum Gasteiger partial charge on any atom is 0.409 e. The molecule has 0 atom stereocenters. The summed E-state index contributed by atoms with van der Waals surface area (Å²) in [5.41, 5.74) is 5.97. The fraction of sp³-hybridized carbons (Fsp3) is 0.889. The molecule has 0 aromatic carbocycles. The van der Waals surface area contributed by atoms with Gasteiger partial charge in [0.1, 0.15) is 0 Å². The smallest absolute Gasteiger partial charge is 0.409 e. The zero-order chi connectivity index (χ0) is 17.9. The van der Waals surface area contributed by atoms with Crippen molar-refractivity contribution in [2.75, 3.05) is 32.8 Å². The Hall–Kier alpha value is -1.50. The van der Waals surface area contributed by atoms with Gasteiger partial charge in [0.25, 0.3) is 0 Å². The topological polar surface area (TPSA) is 89.2 Å². The van der Waals surface area contributed by atoms with Gasteiger partial charge in [-0.25, -0.2) is 4.79 Å². The van der Waals surface area contributed by atoms with Crippen molar-refractivity contribution in [3.05, 3.63) is 0 Å². The molecule has 2 fully saturated rings. The van der Waals surface area contributed by atoms with Gasteiger partial charge in [-0.15, -0.1) is 0 Å². The standard InChI is InChI=1S/C18H34N4O3/c1-2-24-18(23)22-12-9-15(10-13-22)21-17(19)20-11-14-25-16-7-5-3-4-6-8-16/h15-16H,2-14H2,1H3,(H3,19,20,21). The van der Waals surface area contributed by atoms with Crippen LogP contribution in [-0.2, 0) is 9.47 Å². The van der Waals surface area contributed by atoms with Crippen molar-refractivity contribution in [1.29, 1.82) is 0 Å². The highest BCUT2D eigenvalue weighted by Gasteiger charge is 2.23. The lowest BCUT2D eigenvalue weighted by molar-refractivity contribution is 0.0487. The molecule has 1 aliphatic carbocycles. The summed E-state index contributed by atoms with van der Waals surface area (Å²) in [6.45, 7) is 4.84. The molecule has 0 aromatic rings. The van der Waals surface area contributed by atoms with Gasteiger partial charge in [0.05, 0.1) is 25.9 Å². The quantitative estimate of drug-likeness (QED) is 0.330. The predicted molar refractivity (Wildman–Crippen MR) is 98.7 cm³/mol. The molecule has 3 N–H and O–H groups in total. The number of carbonyl (C=O) groups is 1. The van der Waals surface area contributed by atoms with Crippen molar-refractivity contribution >= 4 is 12.1 Å². The zero-order valence-electron chi connectivity index (χ0n) is 15.5. The first-order valence-corrected chi connectivity index (χ1v) is 9.78. The number of likely N-dealkylation sites (tertiary alicyclic amines) is 1. The first-order chi connectivity index (χ1) is 12.2. The highest BCUT2D eigenvalue weighted by atomic mass is 16.6. The van der Waals surface area contributed by atoms with Gasteiger partial charge in [-0.3, -0.25) is 4.99 Å². The van der Waals surface area contributed by atoms with Crippen LogP contribution in [0.5, 0.6) is 0 Å². The average Bonchev–Trinajstić information content (AvgIpc) is 2.88. The van der Waals surface area contributed by atoms with Gasteiger partial charge in [0.15, 0.2) is 5.96 Å². The van der Waals surface area contributed by atoms with Gasteiger partial charge in [-0.1, -0.05) is 25.7 Å². The lowest BCUT2D eigenvalue weighted by atomic mass is 10.1. The summed E-state index contributed by atoms with van der Waals surface area (Å²) >= 11 is 0. The summed E-state index contributed by atoms with van der Waals surface area (Å²) in [5, 5.41) is 3.25. The molecule has 144 valence electrons. The summed E-state index contributed by atoms with van der Waals surface area (Å²) in [6.07, 6.45) is 9.48. The fourth-order valence-corrected chi connectivity index (χ4v) is 3.47. The SMILES string of the molecule is CCOC(=O)N1CCC(NC(N)=NCCOC2CCCCCC2)CC1. The predicted octanol–water partition coefficient (Wildman–Crippen LogP) is 2.25. The van der Waals surface area contributed by atoms with E-state index in [1.807, 2.05) is 6.92 Å². The molecule has 25 heavy (non-hydrogen) atoms. The molecule has 7 nitrogen and oxygen atoms in total. The number of nitrogens with two attached hydrogens (primary N) is 1. The van der Waals surface area contributed by atoms with E-state index in [9.17, 15) is 4.79 Å². The summed E-state index contributed by atoms with van der Waals surface area (Å²) in [4.78, 5) is 17.8. The highest BCUT2D eigenvalue weighted by Crippen LogP contribution is 2.19. The molecule has 1 saturated heterocycles. The molecule has 1 amide bonds. The van der Waals surface area contributed by atoms with Gasteiger partial charge in [-0.2, -0.15) is 0 Å². The van der Waals surface area contributed by atoms with E-state index in [0.717, 1.165) is 12.8 Å². The van der Waals surface area contributed by atoms with Gasteiger partial charge in [0, 0.05) is 19.1 Å². The lowest BCUT2D eigenvalue weighted by Crippen LogP contribution is -2.48. The summed E-state index contributed by atoms with van der Waals surface area (Å²) in [6, 6.07) is 0.261. The third-order valence-electron chi connectivity index (χ3n) is 4.90. The van der Waals surface area contributed by atoms with E-state index in [4.69, 9.17) is 15.2 Å². The Bertz CT molecular complexity index is 415. The molecule has 0 aromatic heterocycles. The number of aliphatic imine (C=N–C) groups is 1. The van der Waals surface area contributed by atoms with Crippen LogP contribution in [-0.4, -0.2) is 61.9 Å². The van der Waals surface area contributed by atoms with Gasteiger partial charge in [0.2, 0.25) is 0 Å². The highest BCUT2D eigenvalue weighted by molar-refractivity contribution is 5.78. The lowest BCUT2D eigenvalue weighted by Gasteiger charge is -2.31. The largest absolute Gasteiger partial charge is 0.450 e. The van der Waals surface area contributed by atoms with Crippen molar-refractivity contribution < 1.29 is 14.3 Å². The molecule has 1 saturated carbocycles. The van der Waals surface area contributed by atoms with E-state index in [2.05, 4.69) is 10.3 Å². The number of nitrogens with one attached hydrogen (secondary N) is 1. The minimum absolute atomic E-state index is 0.224. The molecule has 0 unspecified atom stereocenters. The first kappa shape index (κ1) is 19.8. The number of carbonyl (C=O) groups excluding carboxylic acids is 1. The number of hydrogen-bond donors (Lipinski definition) is 2. The molecule has 7 heteroatoms. The molecule has 2 rings (SSSR count). The van der Waals surface area contributed by atoms with Crippen molar-refractivity contribution in [2.45, 2.75) is 70.4 Å². The van der Waals surface area contributed by atoms with Crippen LogP contribution in [0.1, 0.15) is 58.3 Å². The number of hydrogen-bond acceptors (Lipinski definition) is 4. The number of ether oxygens (including phenoxy) is 2. The second kappa shape index (κ2) is 11.2. The average molecular weight is 354 g/mol. The molecule has 1 heterocycles. The van der Waals surface area contributed by atoms with Crippen LogP contribution in [0.4, 0.5) is 4.79 Å². The minimum atomic E-state index is -0.224. The van der Waals surface area contributed by atoms with E-state index in [1.165, 1.54) is 38.5 Å². The van der Waals surface area contributed by atoms with Crippen LogP contribution >= 0.6 is 0 Å². The Morgan fingerprint density at radius 1 is 1.16 bits per heavy atom. The third-order valence-corrected chi connectivity index (χ3v) is 4.90. The maximum absolute atomic E-state index is 11.7. The van der Waals surface area contributed by atoms with Gasteiger partial charge >= 0.3 is 6.09 Å². The van der Waals surface area contributed by atoms with Gasteiger partial charge in [-0.05, 0) is 32.6 Å². The molecule has 2 aliphatic rings. The number of nitrogens with zero attached hydrogens (tertiary/aromatic N) is 2. The molecule has 1 aliphatic heterocycles. The first-order valence-electron chi connectivity index (χ1n) is 9.78. The Morgan fingerprint density at radius 3 is 2.48 bits per heavy atom. The Morgan fingerprint density at radius 2 is 1.84 bits per heavy atom. The van der Waals surface area contributed by atoms with Crippen LogP contribution in [0, 0.1) is 0 Å². The summed E-state index contributed by atoms with van der Waals surface area (Å²) in [7, 11) is 0. The van der Waals surface area contributed by atoms with Crippen LogP contribution in [0.2, 0.25) is 0 Å². The zero-order valence-corrected chi connectivity index (χ0v) is 15.5. The van der Waals surface area contributed by atoms with Crippen LogP contribution < -0.4 is 11.1 Å². The van der Waals surface area contributed by atoms with Crippen LogP contribution in [0.25, 0.3) is 0 Å². The Labute approximate surface area is 151 Å². The monoisotopic (exact) mass is 354 g/mol. The van der Waals surface area contributed by atoms with Gasteiger partial charge < -0.3 is 25.4 Å². The molecular weight excluding hydrogens is 320 g/mol. The summed E-state index contributed by atoms with van der Waals surface area (Å²) < 4.78 is 10.9. The van der Waals surface area contributed by atoms with Crippen molar-refractivity contribution in [1.82, 2.24) is 10.2 Å². The molecule has 0 spiro atoms. The molecule has 0 bridgehead atoms. The number of guanidine groups is 1. The maximum atomic E-state index is 11.7. The summed E-state index contributed by atoms with van der Waals surface area (Å²) in [5.74, 6) is 0.471. The van der Waals surface area contributed by atoms with Crippen LogP contribution in [0.3, 0.4) is 0 Å². The van der Waals surface area contributed by atoms with E-state index in [0.29, 0.717) is 44.9 Å². The van der Waals surface area contributed by atoms with E-state index in [1.54, 1.807) is 4.90 Å². The Balaban J connectivity index is 1.59. The normalized spacial score (nSPS) is 21.0. The van der Waals surface area contributed by atoms with E-state index >= 15 is 0 Å². The minimum Gasteiger partial charge on any atom is -0.450 e. The van der Waals surface area contributed by atoms with Crippen molar-refractivity contribution in [2.24, 2.45) is 10.7 Å².